The van der Waals surface area contributed by atoms with Crippen LogP contribution in [-0.4, -0.2) is 51.1 Å². The molecule has 0 unspecified atom stereocenters. The molecule has 4 rings (SSSR count). The Balaban J connectivity index is 1.35. The lowest BCUT2D eigenvalue weighted by Crippen LogP contribution is -2.41. The van der Waals surface area contributed by atoms with Gasteiger partial charge in [0.05, 0.1) is 6.20 Å². The van der Waals surface area contributed by atoms with Crippen molar-refractivity contribution in [3.8, 4) is 0 Å². The van der Waals surface area contributed by atoms with Crippen molar-refractivity contribution < 1.29 is 4.79 Å². The fraction of sp³-hybridized carbons (Fsp3) is 0.381. The Labute approximate surface area is 159 Å². The molecule has 0 spiro atoms. The van der Waals surface area contributed by atoms with Gasteiger partial charge < -0.3 is 5.32 Å². The molecule has 140 valence electrons. The van der Waals surface area contributed by atoms with Gasteiger partial charge in [-0.2, -0.15) is 5.10 Å². The van der Waals surface area contributed by atoms with E-state index in [2.05, 4.69) is 50.6 Å². The van der Waals surface area contributed by atoms with Crippen molar-refractivity contribution in [2.45, 2.75) is 32.2 Å². The molecule has 1 aliphatic rings. The number of benzene rings is 1. The first kappa shape index (κ1) is 17.7. The molecular formula is C21H25N5O. The lowest BCUT2D eigenvalue weighted by Gasteiger charge is -2.24. The first-order valence-corrected chi connectivity index (χ1v) is 9.58. The highest BCUT2D eigenvalue weighted by molar-refractivity contribution is 5.99. The van der Waals surface area contributed by atoms with Crippen molar-refractivity contribution in [2.75, 3.05) is 19.6 Å². The quantitative estimate of drug-likeness (QED) is 0.731. The summed E-state index contributed by atoms with van der Waals surface area (Å²) in [6.45, 7) is 4.71. The second kappa shape index (κ2) is 7.88. The van der Waals surface area contributed by atoms with Crippen LogP contribution in [0.2, 0.25) is 0 Å². The van der Waals surface area contributed by atoms with Crippen LogP contribution in [0.5, 0.6) is 0 Å². The molecule has 0 aliphatic carbocycles. The number of likely N-dealkylation sites (tertiary alicyclic amines) is 1. The molecule has 0 bridgehead atoms. The van der Waals surface area contributed by atoms with Crippen LogP contribution >= 0.6 is 0 Å². The molecule has 1 fully saturated rings. The normalized spacial score (nSPS) is 17.4. The van der Waals surface area contributed by atoms with Crippen LogP contribution in [0.25, 0.3) is 5.65 Å². The fourth-order valence-electron chi connectivity index (χ4n) is 3.76. The number of hydrogen-bond donors (Lipinski definition) is 1. The van der Waals surface area contributed by atoms with Crippen molar-refractivity contribution in [1.29, 1.82) is 0 Å². The van der Waals surface area contributed by atoms with Gasteiger partial charge in [-0.05, 0) is 44.4 Å². The summed E-state index contributed by atoms with van der Waals surface area (Å²) in [4.78, 5) is 19.6. The molecule has 1 atom stereocenters. The third-order valence-corrected chi connectivity index (χ3v) is 5.28. The van der Waals surface area contributed by atoms with Crippen molar-refractivity contribution >= 4 is 11.6 Å². The number of carbonyl (C=O) groups excluding carboxylic acids is 1. The standard InChI is InChI=1S/C21H25N5O/c1-16-9-13-26-20(24-16)19(15-23-26)21(27)22-14-18-8-5-11-25(18)12-10-17-6-3-2-4-7-17/h2-4,6-7,9,13,15,18H,5,8,10-12,14H2,1H3,(H,22,27)/t18-/m1/s1. The molecule has 1 aromatic carbocycles. The minimum atomic E-state index is -0.0991. The average molecular weight is 363 g/mol. The zero-order valence-electron chi connectivity index (χ0n) is 15.6. The molecule has 6 heteroatoms. The van der Waals surface area contributed by atoms with Crippen LogP contribution in [0.4, 0.5) is 0 Å². The van der Waals surface area contributed by atoms with E-state index in [1.54, 1.807) is 10.7 Å². The lowest BCUT2D eigenvalue weighted by atomic mass is 10.1. The molecule has 0 radical (unpaired) electrons. The average Bonchev–Trinajstić information content (AvgIpc) is 3.31. The molecule has 2 aromatic heterocycles. The van der Waals surface area contributed by atoms with E-state index in [9.17, 15) is 4.79 Å². The molecule has 27 heavy (non-hydrogen) atoms. The Hall–Kier alpha value is -2.73. The number of nitrogens with one attached hydrogen (secondary N) is 1. The molecule has 1 amide bonds. The Morgan fingerprint density at radius 3 is 2.96 bits per heavy atom. The minimum absolute atomic E-state index is 0.0991. The maximum atomic E-state index is 12.7. The highest BCUT2D eigenvalue weighted by atomic mass is 16.1. The monoisotopic (exact) mass is 363 g/mol. The number of carbonyl (C=O) groups is 1. The van der Waals surface area contributed by atoms with Crippen LogP contribution in [0.1, 0.15) is 34.5 Å². The number of aryl methyl sites for hydroxylation is 1. The zero-order chi connectivity index (χ0) is 18.6. The summed E-state index contributed by atoms with van der Waals surface area (Å²) < 4.78 is 1.64. The summed E-state index contributed by atoms with van der Waals surface area (Å²) in [5, 5.41) is 7.31. The largest absolute Gasteiger partial charge is 0.350 e. The Morgan fingerprint density at radius 1 is 1.26 bits per heavy atom. The van der Waals surface area contributed by atoms with E-state index in [4.69, 9.17) is 0 Å². The molecule has 1 aliphatic heterocycles. The zero-order valence-corrected chi connectivity index (χ0v) is 15.6. The SMILES string of the molecule is Cc1ccn2ncc(C(=O)NC[C@H]3CCCN3CCc3ccccc3)c2n1. The fourth-order valence-corrected chi connectivity index (χ4v) is 3.76. The molecule has 1 N–H and O–H groups in total. The first-order chi connectivity index (χ1) is 13.2. The summed E-state index contributed by atoms with van der Waals surface area (Å²) in [6, 6.07) is 12.8. The Morgan fingerprint density at radius 2 is 2.11 bits per heavy atom. The van der Waals surface area contributed by atoms with Gasteiger partial charge in [0, 0.05) is 31.0 Å². The van der Waals surface area contributed by atoms with E-state index in [0.29, 0.717) is 23.8 Å². The molecule has 3 heterocycles. The van der Waals surface area contributed by atoms with Crippen LogP contribution in [0.3, 0.4) is 0 Å². The summed E-state index contributed by atoms with van der Waals surface area (Å²) in [5.74, 6) is -0.0991. The van der Waals surface area contributed by atoms with E-state index in [1.165, 1.54) is 12.0 Å². The minimum Gasteiger partial charge on any atom is -0.350 e. The van der Waals surface area contributed by atoms with Gasteiger partial charge in [-0.15, -0.1) is 0 Å². The van der Waals surface area contributed by atoms with Gasteiger partial charge in [0.2, 0.25) is 0 Å². The summed E-state index contributed by atoms with van der Waals surface area (Å²) >= 11 is 0. The number of rotatable bonds is 6. The van der Waals surface area contributed by atoms with Gasteiger partial charge >= 0.3 is 0 Å². The molecule has 0 saturated carbocycles. The van der Waals surface area contributed by atoms with Crippen LogP contribution in [0, 0.1) is 6.92 Å². The predicted octanol–water partition coefficient (Wildman–Crippen LogP) is 2.47. The summed E-state index contributed by atoms with van der Waals surface area (Å²) in [7, 11) is 0. The van der Waals surface area contributed by atoms with Crippen LogP contribution < -0.4 is 5.32 Å². The van der Waals surface area contributed by atoms with Gasteiger partial charge in [0.25, 0.3) is 5.91 Å². The third kappa shape index (κ3) is 4.01. The van der Waals surface area contributed by atoms with Gasteiger partial charge in [0.15, 0.2) is 5.65 Å². The smallest absolute Gasteiger partial charge is 0.256 e. The number of fused-ring (bicyclic) bond motifs is 1. The maximum Gasteiger partial charge on any atom is 0.256 e. The highest BCUT2D eigenvalue weighted by Crippen LogP contribution is 2.17. The maximum absolute atomic E-state index is 12.7. The Bertz CT molecular complexity index is 921. The number of amides is 1. The molecule has 3 aromatic rings. The summed E-state index contributed by atoms with van der Waals surface area (Å²) in [6.07, 6.45) is 6.78. The van der Waals surface area contributed by atoms with E-state index in [1.807, 2.05) is 19.2 Å². The second-order valence-corrected chi connectivity index (χ2v) is 7.17. The Kier molecular flexibility index (Phi) is 5.16. The van der Waals surface area contributed by atoms with E-state index in [-0.39, 0.29) is 5.91 Å². The van der Waals surface area contributed by atoms with Crippen molar-refractivity contribution in [3.63, 3.8) is 0 Å². The van der Waals surface area contributed by atoms with Gasteiger partial charge in [0.1, 0.15) is 5.56 Å². The highest BCUT2D eigenvalue weighted by Gasteiger charge is 2.25. The second-order valence-electron chi connectivity index (χ2n) is 7.17. The third-order valence-electron chi connectivity index (χ3n) is 5.28. The van der Waals surface area contributed by atoms with Gasteiger partial charge in [-0.25, -0.2) is 9.50 Å². The molecule has 6 nitrogen and oxygen atoms in total. The van der Waals surface area contributed by atoms with Crippen LogP contribution in [-0.2, 0) is 6.42 Å². The van der Waals surface area contributed by atoms with Crippen molar-refractivity contribution in [2.24, 2.45) is 0 Å². The number of nitrogens with zero attached hydrogens (tertiary/aromatic N) is 4. The van der Waals surface area contributed by atoms with Crippen molar-refractivity contribution in [3.05, 3.63) is 65.6 Å². The first-order valence-electron chi connectivity index (χ1n) is 9.58. The number of aromatic nitrogens is 3. The lowest BCUT2D eigenvalue weighted by molar-refractivity contribution is 0.0942. The van der Waals surface area contributed by atoms with E-state index >= 15 is 0 Å². The summed E-state index contributed by atoms with van der Waals surface area (Å²) in [5.41, 5.74) is 3.38. The molecular weight excluding hydrogens is 338 g/mol. The van der Waals surface area contributed by atoms with E-state index < -0.39 is 0 Å². The van der Waals surface area contributed by atoms with Crippen LogP contribution in [0.15, 0.2) is 48.8 Å². The number of hydrogen-bond acceptors (Lipinski definition) is 4. The van der Waals surface area contributed by atoms with Gasteiger partial charge in [-0.1, -0.05) is 30.3 Å². The molecule has 1 saturated heterocycles. The van der Waals surface area contributed by atoms with E-state index in [0.717, 1.165) is 31.6 Å². The van der Waals surface area contributed by atoms with Crippen molar-refractivity contribution in [1.82, 2.24) is 24.8 Å². The van der Waals surface area contributed by atoms with Gasteiger partial charge in [-0.3, -0.25) is 9.69 Å². The topological polar surface area (TPSA) is 62.5 Å². The predicted molar refractivity (Wildman–Crippen MR) is 105 cm³/mol.